The maximum absolute atomic E-state index is 11.5. The minimum absolute atomic E-state index is 0.213. The third kappa shape index (κ3) is 3.81. The summed E-state index contributed by atoms with van der Waals surface area (Å²) >= 11 is 0. The van der Waals surface area contributed by atoms with Crippen LogP contribution in [-0.4, -0.2) is 42.2 Å². The second-order valence-corrected chi connectivity index (χ2v) is 5.78. The standard InChI is InChI=1S/C16H24N2O2/c1-12(13-8-10-18(2)11-9-13)17-15(16(19)20)14-6-4-3-5-7-14/h3-7,12-13,15,17H,8-11H2,1-2H3,(H,19,20). The van der Waals surface area contributed by atoms with Gasteiger partial charge in [0.15, 0.2) is 0 Å². The van der Waals surface area contributed by atoms with Gasteiger partial charge in [-0.05, 0) is 51.4 Å². The summed E-state index contributed by atoms with van der Waals surface area (Å²) in [5, 5.41) is 12.7. The molecule has 0 aromatic heterocycles. The zero-order valence-corrected chi connectivity index (χ0v) is 12.2. The molecule has 2 rings (SSSR count). The zero-order valence-electron chi connectivity index (χ0n) is 12.2. The Kier molecular flexibility index (Phi) is 5.15. The second-order valence-electron chi connectivity index (χ2n) is 5.78. The Labute approximate surface area is 120 Å². The van der Waals surface area contributed by atoms with Crippen LogP contribution < -0.4 is 5.32 Å². The van der Waals surface area contributed by atoms with Gasteiger partial charge in [0, 0.05) is 6.04 Å². The number of hydrogen-bond acceptors (Lipinski definition) is 3. The molecule has 0 aliphatic carbocycles. The smallest absolute Gasteiger partial charge is 0.325 e. The highest BCUT2D eigenvalue weighted by Gasteiger charge is 2.27. The molecular formula is C16H24N2O2. The summed E-state index contributed by atoms with van der Waals surface area (Å²) in [4.78, 5) is 13.8. The number of carboxylic acid groups (broad SMARTS) is 1. The molecule has 0 saturated carbocycles. The minimum atomic E-state index is -0.809. The fourth-order valence-electron chi connectivity index (χ4n) is 2.88. The van der Waals surface area contributed by atoms with E-state index in [9.17, 15) is 9.90 Å². The number of nitrogens with zero attached hydrogens (tertiary/aromatic N) is 1. The molecule has 0 amide bonds. The Bertz CT molecular complexity index is 427. The highest BCUT2D eigenvalue weighted by Crippen LogP contribution is 2.22. The monoisotopic (exact) mass is 276 g/mol. The molecule has 1 fully saturated rings. The maximum Gasteiger partial charge on any atom is 0.325 e. The van der Waals surface area contributed by atoms with Crippen LogP contribution in [0.4, 0.5) is 0 Å². The molecule has 4 nitrogen and oxygen atoms in total. The Morgan fingerprint density at radius 2 is 1.90 bits per heavy atom. The van der Waals surface area contributed by atoms with Crippen molar-refractivity contribution in [2.45, 2.75) is 31.8 Å². The quantitative estimate of drug-likeness (QED) is 0.865. The van der Waals surface area contributed by atoms with E-state index in [0.29, 0.717) is 5.92 Å². The Hall–Kier alpha value is -1.39. The SMILES string of the molecule is CC(NC(C(=O)O)c1ccccc1)C1CCN(C)CC1. The van der Waals surface area contributed by atoms with Crippen molar-refractivity contribution in [2.24, 2.45) is 5.92 Å². The van der Waals surface area contributed by atoms with Crippen LogP contribution in [0.2, 0.25) is 0 Å². The molecule has 2 N–H and O–H groups in total. The molecule has 4 heteroatoms. The van der Waals surface area contributed by atoms with Gasteiger partial charge >= 0.3 is 5.97 Å². The van der Waals surface area contributed by atoms with E-state index in [0.717, 1.165) is 31.5 Å². The van der Waals surface area contributed by atoms with Crippen LogP contribution in [0.15, 0.2) is 30.3 Å². The lowest BCUT2D eigenvalue weighted by Crippen LogP contribution is -2.43. The van der Waals surface area contributed by atoms with Crippen LogP contribution >= 0.6 is 0 Å². The van der Waals surface area contributed by atoms with Crippen molar-refractivity contribution >= 4 is 5.97 Å². The first kappa shape index (κ1) is 15.0. The Balaban J connectivity index is 2.00. The Morgan fingerprint density at radius 1 is 1.30 bits per heavy atom. The average Bonchev–Trinajstić information content (AvgIpc) is 2.46. The summed E-state index contributed by atoms with van der Waals surface area (Å²) in [7, 11) is 2.14. The number of hydrogen-bond donors (Lipinski definition) is 2. The van der Waals surface area contributed by atoms with E-state index >= 15 is 0 Å². The number of piperidine rings is 1. The predicted octanol–water partition coefficient (Wildman–Crippen LogP) is 2.13. The first-order valence-electron chi connectivity index (χ1n) is 7.30. The van der Waals surface area contributed by atoms with Gasteiger partial charge in [-0.15, -0.1) is 0 Å². The summed E-state index contributed by atoms with van der Waals surface area (Å²) in [5.74, 6) is -0.257. The van der Waals surface area contributed by atoms with Gasteiger partial charge in [0.25, 0.3) is 0 Å². The molecule has 0 spiro atoms. The van der Waals surface area contributed by atoms with Gasteiger partial charge in [0.2, 0.25) is 0 Å². The third-order valence-corrected chi connectivity index (χ3v) is 4.28. The summed E-state index contributed by atoms with van der Waals surface area (Å²) in [5.41, 5.74) is 0.819. The van der Waals surface area contributed by atoms with Crippen molar-refractivity contribution in [2.75, 3.05) is 20.1 Å². The molecule has 1 aromatic carbocycles. The fraction of sp³-hybridized carbons (Fsp3) is 0.562. The van der Waals surface area contributed by atoms with Gasteiger partial charge in [0.05, 0.1) is 0 Å². The molecule has 1 saturated heterocycles. The largest absolute Gasteiger partial charge is 0.480 e. The second kappa shape index (κ2) is 6.86. The molecule has 2 unspecified atom stereocenters. The van der Waals surface area contributed by atoms with Crippen molar-refractivity contribution in [1.29, 1.82) is 0 Å². The number of nitrogens with one attached hydrogen (secondary N) is 1. The van der Waals surface area contributed by atoms with Crippen molar-refractivity contribution in [3.63, 3.8) is 0 Å². The van der Waals surface area contributed by atoms with E-state index in [2.05, 4.69) is 24.2 Å². The van der Waals surface area contributed by atoms with Gasteiger partial charge in [-0.3, -0.25) is 10.1 Å². The first-order chi connectivity index (χ1) is 9.58. The maximum atomic E-state index is 11.5. The Morgan fingerprint density at radius 3 is 2.45 bits per heavy atom. The number of benzene rings is 1. The highest BCUT2D eigenvalue weighted by molar-refractivity contribution is 5.75. The molecule has 0 radical (unpaired) electrons. The molecule has 1 aliphatic rings. The molecule has 1 heterocycles. The van der Waals surface area contributed by atoms with Crippen LogP contribution in [0.5, 0.6) is 0 Å². The number of carboxylic acids is 1. The lowest BCUT2D eigenvalue weighted by molar-refractivity contribution is -0.140. The molecule has 110 valence electrons. The van der Waals surface area contributed by atoms with Crippen LogP contribution in [-0.2, 0) is 4.79 Å². The van der Waals surface area contributed by atoms with Crippen LogP contribution in [0.1, 0.15) is 31.4 Å². The number of rotatable bonds is 5. The van der Waals surface area contributed by atoms with Gasteiger partial charge < -0.3 is 10.0 Å². The van der Waals surface area contributed by atoms with Crippen molar-refractivity contribution in [3.05, 3.63) is 35.9 Å². The van der Waals surface area contributed by atoms with E-state index in [1.165, 1.54) is 0 Å². The van der Waals surface area contributed by atoms with Gasteiger partial charge in [-0.1, -0.05) is 30.3 Å². The van der Waals surface area contributed by atoms with Crippen LogP contribution in [0, 0.1) is 5.92 Å². The predicted molar refractivity (Wildman–Crippen MR) is 79.6 cm³/mol. The van der Waals surface area contributed by atoms with Gasteiger partial charge in [0.1, 0.15) is 6.04 Å². The summed E-state index contributed by atoms with van der Waals surface area (Å²) in [6.45, 7) is 4.30. The number of likely N-dealkylation sites (tertiary alicyclic amines) is 1. The minimum Gasteiger partial charge on any atom is -0.480 e. The highest BCUT2D eigenvalue weighted by atomic mass is 16.4. The summed E-state index contributed by atoms with van der Waals surface area (Å²) in [6.07, 6.45) is 2.26. The van der Waals surface area contributed by atoms with Crippen LogP contribution in [0.25, 0.3) is 0 Å². The van der Waals surface area contributed by atoms with E-state index in [-0.39, 0.29) is 6.04 Å². The number of carbonyl (C=O) groups is 1. The topological polar surface area (TPSA) is 52.6 Å². The van der Waals surface area contributed by atoms with E-state index in [1.54, 1.807) is 0 Å². The van der Waals surface area contributed by atoms with E-state index in [4.69, 9.17) is 0 Å². The zero-order chi connectivity index (χ0) is 14.5. The van der Waals surface area contributed by atoms with Crippen molar-refractivity contribution in [1.82, 2.24) is 10.2 Å². The molecule has 1 aromatic rings. The van der Waals surface area contributed by atoms with E-state index < -0.39 is 12.0 Å². The molecule has 2 atom stereocenters. The lowest BCUT2D eigenvalue weighted by atomic mass is 9.89. The summed E-state index contributed by atoms with van der Waals surface area (Å²) < 4.78 is 0. The molecule has 20 heavy (non-hydrogen) atoms. The fourth-order valence-corrected chi connectivity index (χ4v) is 2.88. The third-order valence-electron chi connectivity index (χ3n) is 4.28. The van der Waals surface area contributed by atoms with Gasteiger partial charge in [-0.25, -0.2) is 0 Å². The lowest BCUT2D eigenvalue weighted by Gasteiger charge is -2.34. The van der Waals surface area contributed by atoms with E-state index in [1.807, 2.05) is 30.3 Å². The van der Waals surface area contributed by atoms with Gasteiger partial charge in [-0.2, -0.15) is 0 Å². The normalized spacial score (nSPS) is 20.5. The first-order valence-corrected chi connectivity index (χ1v) is 7.30. The summed E-state index contributed by atoms with van der Waals surface area (Å²) in [6, 6.07) is 9.00. The van der Waals surface area contributed by atoms with Crippen LogP contribution in [0.3, 0.4) is 0 Å². The van der Waals surface area contributed by atoms with Crippen molar-refractivity contribution < 1.29 is 9.90 Å². The molecule has 0 bridgehead atoms. The number of aliphatic carboxylic acids is 1. The average molecular weight is 276 g/mol. The molecule has 1 aliphatic heterocycles. The van der Waals surface area contributed by atoms with Crippen molar-refractivity contribution in [3.8, 4) is 0 Å². The molecular weight excluding hydrogens is 252 g/mol.